The number of carbonyl (C=O) groups is 1. The van der Waals surface area contributed by atoms with Crippen LogP contribution in [0.1, 0.15) is 38.7 Å². The molecule has 1 heterocycles. The number of methoxy groups -OCH3 is 1. The molecule has 0 aliphatic carbocycles. The van der Waals surface area contributed by atoms with Gasteiger partial charge in [0.2, 0.25) is 10.0 Å². The molecule has 1 aliphatic rings. The normalized spacial score (nSPS) is 17.2. The molecule has 1 atom stereocenters. The minimum Gasteiger partial charge on any atom is -0.495 e. The molecule has 1 fully saturated rings. The van der Waals surface area contributed by atoms with Gasteiger partial charge < -0.3 is 15.2 Å². The number of benzene rings is 2. The smallest absolute Gasteiger partial charge is 0.261 e. The number of anilines is 1. The third kappa shape index (κ3) is 4.61. The number of piperidine rings is 1. The van der Waals surface area contributed by atoms with Gasteiger partial charge in [0.25, 0.3) is 5.91 Å². The van der Waals surface area contributed by atoms with E-state index in [4.69, 9.17) is 4.74 Å². The number of hydrogen-bond donors (Lipinski definition) is 2. The Morgan fingerprint density at radius 3 is 2.32 bits per heavy atom. The van der Waals surface area contributed by atoms with E-state index >= 15 is 0 Å². The molecule has 1 amide bonds. The Labute approximate surface area is 184 Å². The van der Waals surface area contributed by atoms with E-state index in [9.17, 15) is 18.3 Å². The number of rotatable bonds is 7. The Bertz CT molecular complexity index is 1020. The molecule has 8 heteroatoms. The van der Waals surface area contributed by atoms with Crippen molar-refractivity contribution in [2.24, 2.45) is 5.92 Å². The molecule has 2 aromatic rings. The number of nitrogens with zero attached hydrogens (tertiary/aromatic N) is 1. The first-order valence-electron chi connectivity index (χ1n) is 10.5. The molecule has 0 spiro atoms. The van der Waals surface area contributed by atoms with Gasteiger partial charge >= 0.3 is 0 Å². The van der Waals surface area contributed by atoms with Crippen molar-refractivity contribution >= 4 is 21.6 Å². The molecule has 0 aromatic heterocycles. The van der Waals surface area contributed by atoms with Crippen molar-refractivity contribution in [3.05, 3.63) is 54.1 Å². The van der Waals surface area contributed by atoms with E-state index in [-0.39, 0.29) is 16.3 Å². The number of hydrogen-bond acceptors (Lipinski definition) is 5. The minimum atomic E-state index is -3.77. The van der Waals surface area contributed by atoms with Gasteiger partial charge in [-0.2, -0.15) is 4.31 Å². The van der Waals surface area contributed by atoms with Crippen LogP contribution in [0.3, 0.4) is 0 Å². The molecule has 2 N–H and O–H groups in total. The molecule has 1 saturated heterocycles. The maximum Gasteiger partial charge on any atom is 0.261 e. The highest BCUT2D eigenvalue weighted by molar-refractivity contribution is 7.89. The van der Waals surface area contributed by atoms with Crippen molar-refractivity contribution in [2.45, 2.75) is 43.6 Å². The van der Waals surface area contributed by atoms with Gasteiger partial charge in [0.15, 0.2) is 5.60 Å². The van der Waals surface area contributed by atoms with Crippen LogP contribution >= 0.6 is 0 Å². The fourth-order valence-electron chi connectivity index (χ4n) is 3.85. The summed E-state index contributed by atoms with van der Waals surface area (Å²) < 4.78 is 33.2. The summed E-state index contributed by atoms with van der Waals surface area (Å²) in [5.74, 6) is -0.823. The second-order valence-electron chi connectivity index (χ2n) is 8.07. The van der Waals surface area contributed by atoms with E-state index in [0.717, 1.165) is 19.3 Å². The third-order valence-electron chi connectivity index (χ3n) is 5.75. The van der Waals surface area contributed by atoms with Crippen LogP contribution in [0.4, 0.5) is 5.69 Å². The van der Waals surface area contributed by atoms with Crippen molar-refractivity contribution < 1.29 is 23.1 Å². The van der Waals surface area contributed by atoms with E-state index < -0.39 is 27.4 Å². The molecular formula is C23H30N2O5S. The van der Waals surface area contributed by atoms with Crippen molar-refractivity contribution in [3.63, 3.8) is 0 Å². The number of sulfonamides is 1. The van der Waals surface area contributed by atoms with Crippen LogP contribution in [0.25, 0.3) is 0 Å². The maximum absolute atomic E-state index is 13.2. The van der Waals surface area contributed by atoms with Crippen LogP contribution in [-0.4, -0.2) is 43.9 Å². The van der Waals surface area contributed by atoms with Gasteiger partial charge in [-0.25, -0.2) is 8.42 Å². The monoisotopic (exact) mass is 446 g/mol. The largest absolute Gasteiger partial charge is 0.495 e. The van der Waals surface area contributed by atoms with Crippen LogP contribution in [0.15, 0.2) is 53.4 Å². The second kappa shape index (κ2) is 9.38. The Kier molecular flexibility index (Phi) is 7.03. The predicted octanol–water partition coefficient (Wildman–Crippen LogP) is 3.35. The SMILES string of the molecule is COc1ccc(NC(=O)C(O)(c2ccccc2)C(C)C)cc1S(=O)(=O)N1CCCCC1. The second-order valence-corrected chi connectivity index (χ2v) is 9.98. The Hall–Kier alpha value is -2.42. The molecule has 1 unspecified atom stereocenters. The van der Waals surface area contributed by atoms with Crippen molar-refractivity contribution in [1.29, 1.82) is 0 Å². The zero-order valence-corrected chi connectivity index (χ0v) is 19.0. The van der Waals surface area contributed by atoms with Gasteiger partial charge in [-0.15, -0.1) is 0 Å². The van der Waals surface area contributed by atoms with E-state index in [2.05, 4.69) is 5.32 Å². The Morgan fingerprint density at radius 2 is 1.74 bits per heavy atom. The lowest BCUT2D eigenvalue weighted by Crippen LogP contribution is -2.44. The first-order valence-corrected chi connectivity index (χ1v) is 11.9. The zero-order valence-electron chi connectivity index (χ0n) is 18.2. The summed E-state index contributed by atoms with van der Waals surface area (Å²) in [6.07, 6.45) is 2.64. The van der Waals surface area contributed by atoms with Gasteiger partial charge in [0.1, 0.15) is 10.6 Å². The molecule has 0 saturated carbocycles. The fraction of sp³-hybridized carbons (Fsp3) is 0.435. The van der Waals surface area contributed by atoms with Crippen LogP contribution < -0.4 is 10.1 Å². The van der Waals surface area contributed by atoms with E-state index in [1.165, 1.54) is 23.5 Å². The molecule has 2 aromatic carbocycles. The van der Waals surface area contributed by atoms with Crippen LogP contribution in [0.2, 0.25) is 0 Å². The molecule has 0 bridgehead atoms. The van der Waals surface area contributed by atoms with Crippen molar-refractivity contribution in [1.82, 2.24) is 4.31 Å². The number of carbonyl (C=O) groups excluding carboxylic acids is 1. The summed E-state index contributed by atoms with van der Waals surface area (Å²) >= 11 is 0. The highest BCUT2D eigenvalue weighted by Gasteiger charge is 2.41. The topological polar surface area (TPSA) is 95.9 Å². The third-order valence-corrected chi connectivity index (χ3v) is 7.67. The molecule has 168 valence electrons. The summed E-state index contributed by atoms with van der Waals surface area (Å²) in [6.45, 7) is 4.44. The molecule has 1 aliphatic heterocycles. The van der Waals surface area contributed by atoms with Crippen LogP contribution in [0.5, 0.6) is 5.75 Å². The average molecular weight is 447 g/mol. The average Bonchev–Trinajstić information content (AvgIpc) is 2.79. The van der Waals surface area contributed by atoms with Crippen molar-refractivity contribution in [3.8, 4) is 5.75 Å². The lowest BCUT2D eigenvalue weighted by molar-refractivity contribution is -0.140. The fourth-order valence-corrected chi connectivity index (χ4v) is 5.54. The molecule has 3 rings (SSSR count). The quantitative estimate of drug-likeness (QED) is 0.680. The summed E-state index contributed by atoms with van der Waals surface area (Å²) in [7, 11) is -2.36. The number of ether oxygens (including phenoxy) is 1. The van der Waals surface area contributed by atoms with Crippen molar-refractivity contribution in [2.75, 3.05) is 25.5 Å². The highest BCUT2D eigenvalue weighted by Crippen LogP contribution is 2.34. The van der Waals surface area contributed by atoms with Gasteiger partial charge in [0, 0.05) is 18.8 Å². The van der Waals surface area contributed by atoms with Gasteiger partial charge in [-0.05, 0) is 42.5 Å². The number of amides is 1. The minimum absolute atomic E-state index is 0.00231. The zero-order chi connectivity index (χ0) is 22.6. The number of nitrogens with one attached hydrogen (secondary N) is 1. The summed E-state index contributed by atoms with van der Waals surface area (Å²) in [6, 6.07) is 13.2. The lowest BCUT2D eigenvalue weighted by Gasteiger charge is -2.31. The van der Waals surface area contributed by atoms with E-state index in [1.807, 2.05) is 6.07 Å². The first kappa shape index (κ1) is 23.2. The Morgan fingerprint density at radius 1 is 1.10 bits per heavy atom. The van der Waals surface area contributed by atoms with Crippen LogP contribution in [-0.2, 0) is 20.4 Å². The molecular weight excluding hydrogens is 416 g/mol. The lowest BCUT2D eigenvalue weighted by atomic mass is 9.82. The molecule has 31 heavy (non-hydrogen) atoms. The number of aliphatic hydroxyl groups is 1. The van der Waals surface area contributed by atoms with Gasteiger partial charge in [-0.3, -0.25) is 4.79 Å². The molecule has 0 radical (unpaired) electrons. The summed E-state index contributed by atoms with van der Waals surface area (Å²) in [4.78, 5) is 13.1. The maximum atomic E-state index is 13.2. The predicted molar refractivity (Wildman–Crippen MR) is 119 cm³/mol. The van der Waals surface area contributed by atoms with Gasteiger partial charge in [-0.1, -0.05) is 50.6 Å². The van der Waals surface area contributed by atoms with E-state index in [1.54, 1.807) is 44.2 Å². The first-order chi connectivity index (χ1) is 14.7. The highest BCUT2D eigenvalue weighted by atomic mass is 32.2. The van der Waals surface area contributed by atoms with E-state index in [0.29, 0.717) is 18.7 Å². The standard InChI is InChI=1S/C23H30N2O5S/c1-17(2)23(27,18-10-6-4-7-11-18)22(26)24-19-12-13-20(30-3)21(16-19)31(28,29)25-14-8-5-9-15-25/h4,6-7,10-13,16-17,27H,5,8-9,14-15H2,1-3H3,(H,24,26). The Balaban J connectivity index is 1.95. The molecule has 7 nitrogen and oxygen atoms in total. The van der Waals surface area contributed by atoms with Crippen LogP contribution in [0, 0.1) is 5.92 Å². The summed E-state index contributed by atoms with van der Waals surface area (Å²) in [5.41, 5.74) is -1.03. The summed E-state index contributed by atoms with van der Waals surface area (Å²) in [5, 5.41) is 14.0. The van der Waals surface area contributed by atoms with Gasteiger partial charge in [0.05, 0.1) is 7.11 Å².